The molecule has 0 spiro atoms. The Hall–Kier alpha value is -1.84. The summed E-state index contributed by atoms with van der Waals surface area (Å²) >= 11 is 0. The maximum Gasteiger partial charge on any atom is 0.253 e. The van der Waals surface area contributed by atoms with Crippen LogP contribution in [0.2, 0.25) is 0 Å². The predicted molar refractivity (Wildman–Crippen MR) is 144 cm³/mol. The highest BCUT2D eigenvalue weighted by Crippen LogP contribution is 2.14. The molecule has 2 fully saturated rings. The van der Waals surface area contributed by atoms with E-state index in [-0.39, 0.29) is 29.9 Å². The maximum absolute atomic E-state index is 12.6. The number of likely N-dealkylation sites (tertiary alicyclic amines) is 2. The lowest BCUT2D eigenvalue weighted by Crippen LogP contribution is -2.39. The van der Waals surface area contributed by atoms with E-state index < -0.39 is 0 Å². The molecule has 2 aliphatic rings. The van der Waals surface area contributed by atoms with Gasteiger partial charge in [0.15, 0.2) is 5.96 Å². The van der Waals surface area contributed by atoms with Crippen molar-refractivity contribution in [1.29, 1.82) is 0 Å². The first-order valence-corrected chi connectivity index (χ1v) is 12.4. The van der Waals surface area contributed by atoms with E-state index in [1.165, 1.54) is 6.42 Å². The van der Waals surface area contributed by atoms with Crippen molar-refractivity contribution in [2.45, 2.75) is 64.8 Å². The van der Waals surface area contributed by atoms with E-state index in [0.29, 0.717) is 18.9 Å². The summed E-state index contributed by atoms with van der Waals surface area (Å²) in [5.41, 5.74) is 1.83. The first-order chi connectivity index (χ1) is 15.7. The highest BCUT2D eigenvalue weighted by Gasteiger charge is 2.18. The summed E-state index contributed by atoms with van der Waals surface area (Å²) in [6.07, 6.45) is 8.33. The molecular weight excluding hydrogens is 529 g/mol. The number of guanidine groups is 1. The standard InChI is InChI=1S/C25H39N5O2.HI/c1-2-26-25(27-15-9-19-29-16-6-3-5-10-23(29)31)28-20-21-11-13-22(14-12-21)24(32)30-17-7-4-8-18-30;/h11-14H,2-10,15-20H2,1H3,(H2,26,27,28);1H. The van der Waals surface area contributed by atoms with Crippen molar-refractivity contribution in [3.05, 3.63) is 35.4 Å². The first kappa shape index (κ1) is 27.4. The lowest BCUT2D eigenvalue weighted by molar-refractivity contribution is -0.130. The van der Waals surface area contributed by atoms with E-state index in [2.05, 4.69) is 15.6 Å². The number of halogens is 1. The van der Waals surface area contributed by atoms with Gasteiger partial charge in [-0.25, -0.2) is 4.99 Å². The van der Waals surface area contributed by atoms with Gasteiger partial charge in [0.1, 0.15) is 0 Å². The van der Waals surface area contributed by atoms with Crippen molar-refractivity contribution in [1.82, 2.24) is 20.4 Å². The van der Waals surface area contributed by atoms with E-state index in [1.54, 1.807) is 0 Å². The van der Waals surface area contributed by atoms with Crippen molar-refractivity contribution >= 4 is 41.8 Å². The smallest absolute Gasteiger partial charge is 0.253 e. The van der Waals surface area contributed by atoms with Crippen LogP contribution in [0, 0.1) is 0 Å². The molecule has 0 bridgehead atoms. The summed E-state index contributed by atoms with van der Waals surface area (Å²) in [4.78, 5) is 33.4. The molecule has 8 heteroatoms. The Morgan fingerprint density at radius 1 is 0.970 bits per heavy atom. The lowest BCUT2D eigenvalue weighted by Gasteiger charge is -2.26. The zero-order valence-corrected chi connectivity index (χ0v) is 22.3. The number of aliphatic imine (C=N–C) groups is 1. The van der Waals surface area contributed by atoms with Crippen LogP contribution in [-0.2, 0) is 11.3 Å². The van der Waals surface area contributed by atoms with Crippen molar-refractivity contribution < 1.29 is 9.59 Å². The van der Waals surface area contributed by atoms with Gasteiger partial charge in [0.2, 0.25) is 5.91 Å². The van der Waals surface area contributed by atoms with E-state index in [0.717, 1.165) is 94.9 Å². The SMILES string of the molecule is CCNC(=NCc1ccc(C(=O)N2CCCCC2)cc1)NCCCN1CCCCCC1=O.I. The third kappa shape index (κ3) is 9.14. The summed E-state index contributed by atoms with van der Waals surface area (Å²) in [6, 6.07) is 7.82. The van der Waals surface area contributed by atoms with Crippen LogP contribution in [0.15, 0.2) is 29.3 Å². The Morgan fingerprint density at radius 2 is 1.67 bits per heavy atom. The fraction of sp³-hybridized carbons (Fsp3) is 0.640. The first-order valence-electron chi connectivity index (χ1n) is 12.4. The fourth-order valence-corrected chi connectivity index (χ4v) is 4.30. The Morgan fingerprint density at radius 3 is 2.39 bits per heavy atom. The average molecular weight is 570 g/mol. The number of nitrogens with zero attached hydrogens (tertiary/aromatic N) is 3. The quantitative estimate of drug-likeness (QED) is 0.216. The summed E-state index contributed by atoms with van der Waals surface area (Å²) in [7, 11) is 0. The molecule has 2 heterocycles. The molecule has 1 aromatic carbocycles. The molecule has 0 saturated carbocycles. The largest absolute Gasteiger partial charge is 0.357 e. The van der Waals surface area contributed by atoms with E-state index in [9.17, 15) is 9.59 Å². The van der Waals surface area contributed by atoms with Gasteiger partial charge in [0.05, 0.1) is 6.54 Å². The summed E-state index contributed by atoms with van der Waals surface area (Å²) < 4.78 is 0. The number of carbonyl (C=O) groups excluding carboxylic acids is 2. The minimum Gasteiger partial charge on any atom is -0.357 e. The van der Waals surface area contributed by atoms with Gasteiger partial charge in [0.25, 0.3) is 5.91 Å². The molecular formula is C25H40IN5O2. The van der Waals surface area contributed by atoms with Crippen LogP contribution >= 0.6 is 24.0 Å². The molecule has 0 aliphatic carbocycles. The molecule has 184 valence electrons. The molecule has 2 saturated heterocycles. The number of benzene rings is 1. The van der Waals surface area contributed by atoms with E-state index in [1.807, 2.05) is 41.0 Å². The topological polar surface area (TPSA) is 77.0 Å². The highest BCUT2D eigenvalue weighted by molar-refractivity contribution is 14.0. The maximum atomic E-state index is 12.6. The lowest BCUT2D eigenvalue weighted by atomic mass is 10.1. The van der Waals surface area contributed by atoms with Gasteiger partial charge in [-0.05, 0) is 63.1 Å². The van der Waals surface area contributed by atoms with Crippen LogP contribution in [0.5, 0.6) is 0 Å². The van der Waals surface area contributed by atoms with Gasteiger partial charge in [-0.1, -0.05) is 18.6 Å². The summed E-state index contributed by atoms with van der Waals surface area (Å²) in [6.45, 7) is 7.61. The molecule has 7 nitrogen and oxygen atoms in total. The third-order valence-electron chi connectivity index (χ3n) is 6.18. The third-order valence-corrected chi connectivity index (χ3v) is 6.18. The second-order valence-corrected chi connectivity index (χ2v) is 8.72. The Balaban J connectivity index is 0.00000385. The number of rotatable bonds is 8. The van der Waals surface area contributed by atoms with Crippen LogP contribution in [0.25, 0.3) is 0 Å². The van der Waals surface area contributed by atoms with Gasteiger partial charge in [0, 0.05) is 51.3 Å². The van der Waals surface area contributed by atoms with E-state index >= 15 is 0 Å². The number of piperidine rings is 1. The average Bonchev–Trinajstić information content (AvgIpc) is 3.04. The minimum absolute atomic E-state index is 0. The van der Waals surface area contributed by atoms with Crippen molar-refractivity contribution in [2.24, 2.45) is 4.99 Å². The number of hydrogen-bond donors (Lipinski definition) is 2. The molecule has 1 aromatic rings. The second kappa shape index (κ2) is 15.1. The van der Waals surface area contributed by atoms with Crippen LogP contribution in [-0.4, -0.2) is 66.8 Å². The van der Waals surface area contributed by atoms with Crippen LogP contribution < -0.4 is 10.6 Å². The van der Waals surface area contributed by atoms with Crippen LogP contribution in [0.3, 0.4) is 0 Å². The Bertz CT molecular complexity index is 763. The zero-order chi connectivity index (χ0) is 22.6. The zero-order valence-electron chi connectivity index (χ0n) is 20.0. The number of hydrogen-bond acceptors (Lipinski definition) is 3. The van der Waals surface area contributed by atoms with Crippen molar-refractivity contribution in [2.75, 3.05) is 39.3 Å². The van der Waals surface area contributed by atoms with Crippen molar-refractivity contribution in [3.63, 3.8) is 0 Å². The molecule has 0 radical (unpaired) electrons. The molecule has 33 heavy (non-hydrogen) atoms. The van der Waals surface area contributed by atoms with Gasteiger partial charge >= 0.3 is 0 Å². The monoisotopic (exact) mass is 569 g/mol. The molecule has 0 unspecified atom stereocenters. The van der Waals surface area contributed by atoms with Gasteiger partial charge in [-0.3, -0.25) is 9.59 Å². The van der Waals surface area contributed by atoms with E-state index in [4.69, 9.17) is 0 Å². The minimum atomic E-state index is 0. The molecule has 3 rings (SSSR count). The number of carbonyl (C=O) groups is 2. The number of nitrogens with one attached hydrogen (secondary N) is 2. The fourth-order valence-electron chi connectivity index (χ4n) is 4.30. The second-order valence-electron chi connectivity index (χ2n) is 8.72. The Kier molecular flexibility index (Phi) is 12.6. The predicted octanol–water partition coefficient (Wildman–Crippen LogP) is 3.78. The van der Waals surface area contributed by atoms with Crippen molar-refractivity contribution in [3.8, 4) is 0 Å². The molecule has 0 atom stereocenters. The van der Waals surface area contributed by atoms with Crippen LogP contribution in [0.4, 0.5) is 0 Å². The molecule has 2 amide bonds. The Labute approximate surface area is 215 Å². The number of amides is 2. The van der Waals surface area contributed by atoms with Gasteiger partial charge in [-0.15, -0.1) is 24.0 Å². The molecule has 0 aromatic heterocycles. The van der Waals surface area contributed by atoms with Crippen LogP contribution in [0.1, 0.15) is 74.2 Å². The normalized spacial score (nSPS) is 17.2. The van der Waals surface area contributed by atoms with Gasteiger partial charge in [-0.2, -0.15) is 0 Å². The summed E-state index contributed by atoms with van der Waals surface area (Å²) in [5, 5.41) is 6.65. The van der Waals surface area contributed by atoms with Gasteiger partial charge < -0.3 is 20.4 Å². The molecule has 2 N–H and O–H groups in total. The molecule has 2 aliphatic heterocycles. The summed E-state index contributed by atoms with van der Waals surface area (Å²) in [5.74, 6) is 1.21. The highest BCUT2D eigenvalue weighted by atomic mass is 127.